The third-order valence-electron chi connectivity index (χ3n) is 5.87. The first-order valence-electron chi connectivity index (χ1n) is 10.7. The Kier molecular flexibility index (Phi) is 7.67. The third kappa shape index (κ3) is 5.78. The van der Waals surface area contributed by atoms with E-state index in [1.54, 1.807) is 6.07 Å². The molecule has 0 unspecified atom stereocenters. The van der Waals surface area contributed by atoms with Gasteiger partial charge in [-0.2, -0.15) is 4.31 Å². The number of rotatable bonds is 8. The van der Waals surface area contributed by atoms with Crippen molar-refractivity contribution in [1.29, 1.82) is 0 Å². The first-order chi connectivity index (χ1) is 13.9. The minimum absolute atomic E-state index is 0.0360. The Morgan fingerprint density at radius 3 is 2.45 bits per heavy atom. The van der Waals surface area contributed by atoms with Crippen LogP contribution in [0.2, 0.25) is 0 Å². The van der Waals surface area contributed by atoms with Crippen LogP contribution in [0.15, 0.2) is 23.1 Å². The van der Waals surface area contributed by atoms with Gasteiger partial charge >= 0.3 is 0 Å². The van der Waals surface area contributed by atoms with Crippen LogP contribution < -0.4 is 5.32 Å². The molecular formula is C21H34N4O3S. The van der Waals surface area contributed by atoms with Crippen LogP contribution in [0.1, 0.15) is 30.4 Å². The van der Waals surface area contributed by atoms with Crippen LogP contribution in [0, 0.1) is 13.8 Å². The lowest BCUT2D eigenvalue weighted by Crippen LogP contribution is -2.47. The van der Waals surface area contributed by atoms with Crippen molar-refractivity contribution in [2.75, 3.05) is 58.9 Å². The maximum Gasteiger partial charge on any atom is 0.243 e. The average Bonchev–Trinajstić information content (AvgIpc) is 3.23. The molecule has 3 rings (SSSR count). The molecule has 0 bridgehead atoms. The van der Waals surface area contributed by atoms with Gasteiger partial charge in [0.15, 0.2) is 0 Å². The van der Waals surface area contributed by atoms with Crippen molar-refractivity contribution < 1.29 is 13.2 Å². The number of nitrogens with zero attached hydrogens (tertiary/aromatic N) is 3. The third-order valence-corrected chi connectivity index (χ3v) is 7.91. The number of benzene rings is 1. The van der Waals surface area contributed by atoms with Crippen molar-refractivity contribution >= 4 is 15.9 Å². The van der Waals surface area contributed by atoms with Crippen molar-refractivity contribution in [2.45, 2.75) is 38.0 Å². The van der Waals surface area contributed by atoms with Gasteiger partial charge in [0.2, 0.25) is 15.9 Å². The predicted molar refractivity (Wildman–Crippen MR) is 114 cm³/mol. The molecule has 1 aromatic rings. The smallest absolute Gasteiger partial charge is 0.243 e. The number of aryl methyl sites for hydroxylation is 2. The molecule has 1 amide bonds. The second-order valence-corrected chi connectivity index (χ2v) is 10.0. The molecule has 0 radical (unpaired) electrons. The molecule has 7 nitrogen and oxygen atoms in total. The van der Waals surface area contributed by atoms with Crippen molar-refractivity contribution in [3.63, 3.8) is 0 Å². The summed E-state index contributed by atoms with van der Waals surface area (Å²) in [5.74, 6) is 0.0360. The topological polar surface area (TPSA) is 73.0 Å². The maximum absolute atomic E-state index is 13.5. The van der Waals surface area contributed by atoms with Gasteiger partial charge < -0.3 is 15.1 Å². The van der Waals surface area contributed by atoms with Crippen LogP contribution in [0.25, 0.3) is 0 Å². The summed E-state index contributed by atoms with van der Waals surface area (Å²) in [7, 11) is -3.65. The van der Waals surface area contributed by atoms with Gasteiger partial charge in [0.05, 0.1) is 4.90 Å². The summed E-state index contributed by atoms with van der Waals surface area (Å²) in [5.41, 5.74) is 1.67. The van der Waals surface area contributed by atoms with E-state index in [9.17, 15) is 13.2 Å². The average molecular weight is 423 g/mol. The van der Waals surface area contributed by atoms with E-state index in [2.05, 4.69) is 10.2 Å². The monoisotopic (exact) mass is 422 g/mol. The van der Waals surface area contributed by atoms with Crippen LogP contribution in [0.5, 0.6) is 0 Å². The standard InChI is InChI=1S/C21H34N4O3S/c1-18-5-6-19(2)20(17-18)29(27,28)25(16-15-23-10-3-4-11-23)12-7-21(26)24-13-8-22-9-14-24/h5-6,17,22H,3-4,7-16H2,1-2H3. The van der Waals surface area contributed by atoms with Gasteiger partial charge in [-0.3, -0.25) is 4.79 Å². The van der Waals surface area contributed by atoms with Crippen LogP contribution in [-0.4, -0.2) is 87.3 Å². The minimum atomic E-state index is -3.65. The number of amides is 1. The summed E-state index contributed by atoms with van der Waals surface area (Å²) in [5, 5.41) is 3.24. The van der Waals surface area contributed by atoms with Crippen LogP contribution in [0.4, 0.5) is 0 Å². The molecule has 162 valence electrons. The van der Waals surface area contributed by atoms with E-state index in [1.807, 2.05) is 30.9 Å². The summed E-state index contributed by atoms with van der Waals surface area (Å²) in [6.45, 7) is 10.1. The molecule has 0 aromatic heterocycles. The molecule has 2 saturated heterocycles. The normalized spacial score (nSPS) is 18.5. The summed E-state index contributed by atoms with van der Waals surface area (Å²) in [6, 6.07) is 5.52. The largest absolute Gasteiger partial charge is 0.340 e. The lowest BCUT2D eigenvalue weighted by Gasteiger charge is -2.29. The molecular weight excluding hydrogens is 388 g/mol. The quantitative estimate of drug-likeness (QED) is 0.682. The Morgan fingerprint density at radius 1 is 1.07 bits per heavy atom. The van der Waals surface area contributed by atoms with E-state index in [0.717, 1.165) is 37.3 Å². The Labute approximate surface area is 175 Å². The molecule has 0 spiro atoms. The first kappa shape index (κ1) is 22.2. The summed E-state index contributed by atoms with van der Waals surface area (Å²) in [6.07, 6.45) is 2.57. The van der Waals surface area contributed by atoms with Crippen molar-refractivity contribution in [1.82, 2.24) is 19.4 Å². The highest BCUT2D eigenvalue weighted by Crippen LogP contribution is 2.22. The number of piperazine rings is 1. The van der Waals surface area contributed by atoms with Crippen LogP contribution >= 0.6 is 0 Å². The van der Waals surface area contributed by atoms with Gasteiger partial charge in [0.25, 0.3) is 0 Å². The lowest BCUT2D eigenvalue weighted by molar-refractivity contribution is -0.131. The second-order valence-electron chi connectivity index (χ2n) is 8.10. The molecule has 0 aliphatic carbocycles. The lowest BCUT2D eigenvalue weighted by atomic mass is 10.2. The van der Waals surface area contributed by atoms with Gasteiger partial charge in [-0.15, -0.1) is 0 Å². The predicted octanol–water partition coefficient (Wildman–Crippen LogP) is 1.21. The number of nitrogens with one attached hydrogen (secondary N) is 1. The Morgan fingerprint density at radius 2 is 1.76 bits per heavy atom. The molecule has 2 fully saturated rings. The summed E-state index contributed by atoms with van der Waals surface area (Å²) in [4.78, 5) is 17.1. The Hall–Kier alpha value is -1.48. The fraction of sp³-hybridized carbons (Fsp3) is 0.667. The fourth-order valence-corrected chi connectivity index (χ4v) is 5.77. The highest BCUT2D eigenvalue weighted by Gasteiger charge is 2.28. The van der Waals surface area contributed by atoms with Crippen LogP contribution in [0.3, 0.4) is 0 Å². The maximum atomic E-state index is 13.5. The number of hydrogen-bond donors (Lipinski definition) is 1. The minimum Gasteiger partial charge on any atom is -0.340 e. The van der Waals surface area contributed by atoms with E-state index in [4.69, 9.17) is 0 Å². The van der Waals surface area contributed by atoms with Crippen molar-refractivity contribution in [2.24, 2.45) is 0 Å². The molecule has 2 heterocycles. The van der Waals surface area contributed by atoms with E-state index in [0.29, 0.717) is 31.1 Å². The SMILES string of the molecule is Cc1ccc(C)c(S(=O)(=O)N(CCC(=O)N2CCNCC2)CCN2CCCC2)c1. The van der Waals surface area contributed by atoms with Crippen molar-refractivity contribution in [3.8, 4) is 0 Å². The van der Waals surface area contributed by atoms with Gasteiger partial charge in [0.1, 0.15) is 0 Å². The highest BCUT2D eigenvalue weighted by atomic mass is 32.2. The van der Waals surface area contributed by atoms with E-state index in [-0.39, 0.29) is 18.9 Å². The Balaban J connectivity index is 1.73. The van der Waals surface area contributed by atoms with Crippen LogP contribution in [-0.2, 0) is 14.8 Å². The second kappa shape index (κ2) is 10.0. The van der Waals surface area contributed by atoms with E-state index >= 15 is 0 Å². The zero-order valence-electron chi connectivity index (χ0n) is 17.7. The Bertz CT molecular complexity index is 800. The van der Waals surface area contributed by atoms with E-state index in [1.165, 1.54) is 17.1 Å². The number of hydrogen-bond acceptors (Lipinski definition) is 5. The molecule has 0 saturated carbocycles. The number of carbonyl (C=O) groups excluding carboxylic acids is 1. The van der Waals surface area contributed by atoms with Crippen molar-refractivity contribution in [3.05, 3.63) is 29.3 Å². The van der Waals surface area contributed by atoms with Gasteiger partial charge in [0, 0.05) is 52.2 Å². The molecule has 29 heavy (non-hydrogen) atoms. The zero-order chi connectivity index (χ0) is 20.9. The highest BCUT2D eigenvalue weighted by molar-refractivity contribution is 7.89. The van der Waals surface area contributed by atoms with Gasteiger partial charge in [-0.1, -0.05) is 12.1 Å². The molecule has 2 aliphatic heterocycles. The van der Waals surface area contributed by atoms with Gasteiger partial charge in [-0.25, -0.2) is 8.42 Å². The molecule has 1 aromatic carbocycles. The molecule has 1 N–H and O–H groups in total. The molecule has 0 atom stereocenters. The zero-order valence-corrected chi connectivity index (χ0v) is 18.5. The first-order valence-corrected chi connectivity index (χ1v) is 12.1. The van der Waals surface area contributed by atoms with Gasteiger partial charge in [-0.05, 0) is 57.0 Å². The molecule has 2 aliphatic rings. The summed E-state index contributed by atoms with van der Waals surface area (Å²) < 4.78 is 28.5. The summed E-state index contributed by atoms with van der Waals surface area (Å²) >= 11 is 0. The number of sulfonamides is 1. The fourth-order valence-electron chi connectivity index (χ4n) is 4.03. The number of likely N-dealkylation sites (tertiary alicyclic amines) is 1. The molecule has 8 heteroatoms. The number of carbonyl (C=O) groups is 1. The van der Waals surface area contributed by atoms with E-state index < -0.39 is 10.0 Å².